The summed E-state index contributed by atoms with van der Waals surface area (Å²) in [7, 11) is 0. The molecule has 0 aliphatic carbocycles. The van der Waals surface area contributed by atoms with Crippen LogP contribution in [-0.4, -0.2) is 16.0 Å². The summed E-state index contributed by atoms with van der Waals surface area (Å²) < 4.78 is 13.3. The monoisotopic (exact) mass is 260 g/mol. The molecule has 0 spiro atoms. The highest BCUT2D eigenvalue weighted by Crippen LogP contribution is 2.35. The van der Waals surface area contributed by atoms with E-state index in [1.165, 1.54) is 30.3 Å². The maximum absolute atomic E-state index is 13.3. The summed E-state index contributed by atoms with van der Waals surface area (Å²) in [6.45, 7) is 1.68. The Hall–Kier alpha value is -2.36. The van der Waals surface area contributed by atoms with E-state index in [1.54, 1.807) is 6.92 Å². The van der Waals surface area contributed by atoms with Gasteiger partial charge in [0.15, 0.2) is 5.78 Å². The third-order valence-corrected chi connectivity index (χ3v) is 2.87. The fraction of sp³-hybridized carbons (Fsp3) is 0.133. The predicted molar refractivity (Wildman–Crippen MR) is 69.8 cm³/mol. The Kier molecular flexibility index (Phi) is 3.51. The summed E-state index contributed by atoms with van der Waals surface area (Å²) in [6.07, 6.45) is 0.232. The van der Waals surface area contributed by atoms with Crippen molar-refractivity contribution in [2.24, 2.45) is 0 Å². The van der Waals surface area contributed by atoms with Crippen molar-refractivity contribution in [3.63, 3.8) is 0 Å². The van der Waals surface area contributed by atoms with Crippen LogP contribution in [-0.2, 0) is 0 Å². The highest BCUT2D eigenvalue weighted by atomic mass is 19.1. The molecule has 4 heteroatoms. The first kappa shape index (κ1) is 13.1. The summed E-state index contributed by atoms with van der Waals surface area (Å²) >= 11 is 0. The second kappa shape index (κ2) is 5.10. The highest BCUT2D eigenvalue weighted by Gasteiger charge is 2.15. The van der Waals surface area contributed by atoms with Crippen LogP contribution in [0.1, 0.15) is 23.7 Å². The van der Waals surface area contributed by atoms with E-state index >= 15 is 0 Å². The lowest BCUT2D eigenvalue weighted by atomic mass is 9.95. The number of carbonyl (C=O) groups excluding carboxylic acids is 1. The van der Waals surface area contributed by atoms with Gasteiger partial charge in [0, 0.05) is 17.5 Å². The molecular formula is C15H13FO3. The van der Waals surface area contributed by atoms with Crippen LogP contribution in [0.3, 0.4) is 0 Å². The lowest BCUT2D eigenvalue weighted by Crippen LogP contribution is -2.00. The smallest absolute Gasteiger partial charge is 0.163 e. The lowest BCUT2D eigenvalue weighted by Gasteiger charge is -2.10. The van der Waals surface area contributed by atoms with E-state index in [-0.39, 0.29) is 29.3 Å². The van der Waals surface area contributed by atoms with Gasteiger partial charge in [0.2, 0.25) is 0 Å². The maximum Gasteiger partial charge on any atom is 0.163 e. The predicted octanol–water partition coefficient (Wildman–Crippen LogP) is 3.50. The zero-order chi connectivity index (χ0) is 14.0. The molecule has 3 nitrogen and oxygen atoms in total. The molecule has 2 rings (SSSR count). The minimum absolute atomic E-state index is 0.0352. The van der Waals surface area contributed by atoms with Gasteiger partial charge >= 0.3 is 0 Å². The van der Waals surface area contributed by atoms with E-state index in [1.807, 2.05) is 0 Å². The van der Waals surface area contributed by atoms with Gasteiger partial charge in [0.05, 0.1) is 0 Å². The van der Waals surface area contributed by atoms with Gasteiger partial charge in [0.1, 0.15) is 17.3 Å². The quantitative estimate of drug-likeness (QED) is 0.656. The molecule has 0 aliphatic heterocycles. The molecule has 0 heterocycles. The van der Waals surface area contributed by atoms with Crippen LogP contribution in [0.25, 0.3) is 11.1 Å². The normalized spacial score (nSPS) is 10.4. The van der Waals surface area contributed by atoms with E-state index in [0.717, 1.165) is 6.07 Å². The zero-order valence-electron chi connectivity index (χ0n) is 10.4. The fourth-order valence-corrected chi connectivity index (χ4v) is 1.91. The van der Waals surface area contributed by atoms with Gasteiger partial charge < -0.3 is 10.2 Å². The molecule has 0 saturated carbocycles. The SMILES string of the molecule is CCC(=O)c1cc(F)ccc1-c1cc(O)ccc1O. The van der Waals surface area contributed by atoms with Gasteiger partial charge in [-0.25, -0.2) is 4.39 Å². The Labute approximate surface area is 109 Å². The van der Waals surface area contributed by atoms with Crippen molar-refractivity contribution in [2.45, 2.75) is 13.3 Å². The van der Waals surface area contributed by atoms with Crippen LogP contribution in [0.2, 0.25) is 0 Å². The molecule has 0 radical (unpaired) electrons. The molecular weight excluding hydrogens is 247 g/mol. The van der Waals surface area contributed by atoms with Crippen LogP contribution in [0.5, 0.6) is 11.5 Å². The van der Waals surface area contributed by atoms with Crippen molar-refractivity contribution in [1.29, 1.82) is 0 Å². The van der Waals surface area contributed by atoms with Gasteiger partial charge in [-0.3, -0.25) is 4.79 Å². The van der Waals surface area contributed by atoms with Crippen LogP contribution in [0, 0.1) is 5.82 Å². The van der Waals surface area contributed by atoms with Crippen LogP contribution in [0.4, 0.5) is 4.39 Å². The number of benzene rings is 2. The molecule has 0 amide bonds. The van der Waals surface area contributed by atoms with Crippen LogP contribution < -0.4 is 0 Å². The minimum atomic E-state index is -0.514. The molecule has 2 aromatic rings. The summed E-state index contributed by atoms with van der Waals surface area (Å²) in [5, 5.41) is 19.3. The van der Waals surface area contributed by atoms with E-state index < -0.39 is 5.82 Å². The Morgan fingerprint density at radius 1 is 1.11 bits per heavy atom. The number of aromatic hydroxyl groups is 2. The molecule has 0 saturated heterocycles. The number of ketones is 1. The van der Waals surface area contributed by atoms with Gasteiger partial charge in [-0.1, -0.05) is 13.0 Å². The lowest BCUT2D eigenvalue weighted by molar-refractivity contribution is 0.0988. The van der Waals surface area contributed by atoms with Crippen LogP contribution >= 0.6 is 0 Å². The van der Waals surface area contributed by atoms with Crippen molar-refractivity contribution in [3.05, 3.63) is 47.8 Å². The van der Waals surface area contributed by atoms with Crippen molar-refractivity contribution in [2.75, 3.05) is 0 Å². The van der Waals surface area contributed by atoms with Crippen LogP contribution in [0.15, 0.2) is 36.4 Å². The average molecular weight is 260 g/mol. The summed E-state index contributed by atoms with van der Waals surface area (Å²) in [4.78, 5) is 11.8. The Balaban J connectivity index is 2.68. The number of hydrogen-bond acceptors (Lipinski definition) is 3. The van der Waals surface area contributed by atoms with Gasteiger partial charge in [-0.2, -0.15) is 0 Å². The van der Waals surface area contributed by atoms with Gasteiger partial charge in [-0.05, 0) is 35.9 Å². The number of rotatable bonds is 3. The average Bonchev–Trinajstić information content (AvgIpc) is 2.41. The van der Waals surface area contributed by atoms with Crippen molar-refractivity contribution < 1.29 is 19.4 Å². The second-order valence-electron chi connectivity index (χ2n) is 4.17. The third kappa shape index (κ3) is 2.57. The van der Waals surface area contributed by atoms with Gasteiger partial charge in [-0.15, -0.1) is 0 Å². The number of phenols is 2. The number of Topliss-reactive ketones (excluding diaryl/α,β-unsaturated/α-hetero) is 1. The Morgan fingerprint density at radius 2 is 1.84 bits per heavy atom. The first-order valence-corrected chi connectivity index (χ1v) is 5.88. The molecule has 0 aromatic heterocycles. The van der Waals surface area contributed by atoms with Crippen molar-refractivity contribution in [3.8, 4) is 22.6 Å². The second-order valence-corrected chi connectivity index (χ2v) is 4.17. The molecule has 0 unspecified atom stereocenters. The van der Waals surface area contributed by atoms with E-state index in [2.05, 4.69) is 0 Å². The van der Waals surface area contributed by atoms with Gasteiger partial charge in [0.25, 0.3) is 0 Å². The summed E-state index contributed by atoms with van der Waals surface area (Å²) in [5.74, 6) is -0.848. The first-order valence-electron chi connectivity index (χ1n) is 5.88. The Bertz CT molecular complexity index is 635. The van der Waals surface area contributed by atoms with Crippen molar-refractivity contribution in [1.82, 2.24) is 0 Å². The molecule has 0 bridgehead atoms. The third-order valence-electron chi connectivity index (χ3n) is 2.87. The molecule has 2 aromatic carbocycles. The van der Waals surface area contributed by atoms with E-state index in [0.29, 0.717) is 11.1 Å². The number of carbonyl (C=O) groups is 1. The standard InChI is InChI=1S/C15H13FO3/c1-2-14(18)12-7-9(16)3-5-11(12)13-8-10(17)4-6-15(13)19/h3-8,17,19H,2H2,1H3. The highest BCUT2D eigenvalue weighted by molar-refractivity contribution is 6.02. The molecule has 0 fully saturated rings. The molecule has 0 aliphatic rings. The minimum Gasteiger partial charge on any atom is -0.508 e. The molecule has 0 atom stereocenters. The van der Waals surface area contributed by atoms with E-state index in [4.69, 9.17) is 0 Å². The maximum atomic E-state index is 13.3. The summed E-state index contributed by atoms with van der Waals surface area (Å²) in [6, 6.07) is 7.79. The topological polar surface area (TPSA) is 57.5 Å². The van der Waals surface area contributed by atoms with Crippen molar-refractivity contribution >= 4 is 5.78 Å². The summed E-state index contributed by atoms with van der Waals surface area (Å²) in [5.41, 5.74) is 0.904. The number of hydrogen-bond donors (Lipinski definition) is 2. The largest absolute Gasteiger partial charge is 0.508 e. The first-order chi connectivity index (χ1) is 9.02. The number of phenolic OH excluding ortho intramolecular Hbond substituents is 2. The molecule has 2 N–H and O–H groups in total. The molecule has 98 valence electrons. The molecule has 19 heavy (non-hydrogen) atoms. The number of halogens is 1. The van der Waals surface area contributed by atoms with E-state index in [9.17, 15) is 19.4 Å². The fourth-order valence-electron chi connectivity index (χ4n) is 1.91. The zero-order valence-corrected chi connectivity index (χ0v) is 10.4. The Morgan fingerprint density at radius 3 is 2.53 bits per heavy atom.